The van der Waals surface area contributed by atoms with E-state index < -0.39 is 0 Å². The molecule has 1 aliphatic rings. The Bertz CT molecular complexity index is 534. The molecule has 0 spiro atoms. The molecule has 2 aromatic heterocycles. The third kappa shape index (κ3) is 2.79. The average molecular weight is 340 g/mol. The smallest absolute Gasteiger partial charge is 0.0896 e. The van der Waals surface area contributed by atoms with Gasteiger partial charge in [0.15, 0.2) is 0 Å². The summed E-state index contributed by atoms with van der Waals surface area (Å²) in [6.07, 6.45) is 6.82. The SMILES string of the molecule is Cn1ncc(Br)c1CNC[C@H]1CCO[C@@H]1c1cn[nH]c1. The molecular formula is C13H18BrN5O. The summed E-state index contributed by atoms with van der Waals surface area (Å²) in [5.74, 6) is 0.486. The van der Waals surface area contributed by atoms with Crippen LogP contribution in [0.5, 0.6) is 0 Å². The molecule has 0 saturated carbocycles. The van der Waals surface area contributed by atoms with Gasteiger partial charge in [0.1, 0.15) is 0 Å². The van der Waals surface area contributed by atoms with Crippen LogP contribution < -0.4 is 5.32 Å². The summed E-state index contributed by atoms with van der Waals surface area (Å²) in [5.41, 5.74) is 2.29. The Morgan fingerprint density at radius 3 is 3.15 bits per heavy atom. The lowest BCUT2D eigenvalue weighted by Gasteiger charge is -2.17. The summed E-state index contributed by atoms with van der Waals surface area (Å²) in [4.78, 5) is 0. The molecule has 0 radical (unpaired) electrons. The molecule has 0 aromatic carbocycles. The Hall–Kier alpha value is -1.18. The third-order valence-electron chi connectivity index (χ3n) is 3.77. The van der Waals surface area contributed by atoms with Gasteiger partial charge in [-0.05, 0) is 22.4 Å². The standard InChI is InChI=1S/C13H18BrN5O/c1-19-12(11(14)7-18-19)8-15-4-9-2-3-20-13(9)10-5-16-17-6-10/h5-7,9,13,15H,2-4,8H2,1H3,(H,16,17)/t9-,13+/m1/s1. The van der Waals surface area contributed by atoms with Crippen molar-refractivity contribution in [1.82, 2.24) is 25.3 Å². The van der Waals surface area contributed by atoms with E-state index in [1.807, 2.05) is 30.3 Å². The number of ether oxygens (including phenoxy) is 1. The molecule has 1 fully saturated rings. The summed E-state index contributed by atoms with van der Waals surface area (Å²) < 4.78 is 8.75. The molecule has 1 saturated heterocycles. The highest BCUT2D eigenvalue weighted by Gasteiger charge is 2.29. The number of H-pyrrole nitrogens is 1. The molecule has 2 aromatic rings. The Morgan fingerprint density at radius 2 is 2.45 bits per heavy atom. The predicted molar refractivity (Wildman–Crippen MR) is 78.0 cm³/mol. The lowest BCUT2D eigenvalue weighted by molar-refractivity contribution is 0.0904. The molecular weight excluding hydrogens is 322 g/mol. The Morgan fingerprint density at radius 1 is 1.55 bits per heavy atom. The summed E-state index contributed by atoms with van der Waals surface area (Å²) in [6, 6.07) is 0. The summed E-state index contributed by atoms with van der Waals surface area (Å²) in [7, 11) is 1.95. The van der Waals surface area contributed by atoms with Gasteiger partial charge in [0, 0.05) is 44.4 Å². The number of aromatic amines is 1. The van der Waals surface area contributed by atoms with Gasteiger partial charge in [-0.3, -0.25) is 9.78 Å². The Labute approximate surface area is 126 Å². The summed E-state index contributed by atoms with van der Waals surface area (Å²) >= 11 is 3.51. The second-order valence-corrected chi connectivity index (χ2v) is 5.92. The van der Waals surface area contributed by atoms with Gasteiger partial charge in [0.2, 0.25) is 0 Å². The number of halogens is 1. The maximum absolute atomic E-state index is 5.82. The number of nitrogens with zero attached hydrogens (tertiary/aromatic N) is 3. The highest BCUT2D eigenvalue weighted by molar-refractivity contribution is 9.10. The fraction of sp³-hybridized carbons (Fsp3) is 0.538. The average Bonchev–Trinajstić information content (AvgIpc) is 3.14. The molecule has 0 amide bonds. The van der Waals surface area contributed by atoms with Crippen LogP contribution in [0.25, 0.3) is 0 Å². The maximum atomic E-state index is 5.82. The van der Waals surface area contributed by atoms with Gasteiger partial charge >= 0.3 is 0 Å². The van der Waals surface area contributed by atoms with Crippen LogP contribution in [0.1, 0.15) is 23.8 Å². The highest BCUT2D eigenvalue weighted by atomic mass is 79.9. The normalized spacial score (nSPS) is 22.5. The molecule has 2 N–H and O–H groups in total. The van der Waals surface area contributed by atoms with Crippen LogP contribution in [0.15, 0.2) is 23.1 Å². The zero-order valence-corrected chi connectivity index (χ0v) is 12.9. The molecule has 0 unspecified atom stereocenters. The van der Waals surface area contributed by atoms with Crippen molar-refractivity contribution >= 4 is 15.9 Å². The number of hydrogen-bond acceptors (Lipinski definition) is 4. The first-order chi connectivity index (χ1) is 9.75. The summed E-state index contributed by atoms with van der Waals surface area (Å²) in [6.45, 7) is 2.54. The zero-order chi connectivity index (χ0) is 13.9. The monoisotopic (exact) mass is 339 g/mol. The first-order valence-corrected chi connectivity index (χ1v) is 7.52. The first-order valence-electron chi connectivity index (χ1n) is 6.73. The predicted octanol–water partition coefficient (Wildman–Crippen LogP) is 1.77. The van der Waals surface area contributed by atoms with E-state index in [2.05, 4.69) is 36.5 Å². The maximum Gasteiger partial charge on any atom is 0.0896 e. The molecule has 2 atom stereocenters. The van der Waals surface area contributed by atoms with Gasteiger partial charge in [-0.1, -0.05) is 0 Å². The van der Waals surface area contributed by atoms with Crippen LogP contribution in [0.3, 0.4) is 0 Å². The van der Waals surface area contributed by atoms with E-state index in [9.17, 15) is 0 Å². The minimum Gasteiger partial charge on any atom is -0.373 e. The molecule has 1 aliphatic heterocycles. The Balaban J connectivity index is 1.56. The van der Waals surface area contributed by atoms with E-state index in [1.165, 1.54) is 0 Å². The third-order valence-corrected chi connectivity index (χ3v) is 4.43. The number of aromatic nitrogens is 4. The van der Waals surface area contributed by atoms with Crippen molar-refractivity contribution in [2.24, 2.45) is 13.0 Å². The molecule has 0 bridgehead atoms. The number of nitrogens with one attached hydrogen (secondary N) is 2. The lowest BCUT2D eigenvalue weighted by atomic mass is 9.97. The molecule has 20 heavy (non-hydrogen) atoms. The van der Waals surface area contributed by atoms with Crippen LogP contribution >= 0.6 is 15.9 Å². The summed E-state index contributed by atoms with van der Waals surface area (Å²) in [5, 5.41) is 14.6. The molecule has 108 valence electrons. The lowest BCUT2D eigenvalue weighted by Crippen LogP contribution is -2.25. The minimum absolute atomic E-state index is 0.149. The van der Waals surface area contributed by atoms with Crippen molar-refractivity contribution in [1.29, 1.82) is 0 Å². The van der Waals surface area contributed by atoms with Crippen LogP contribution in [0, 0.1) is 5.92 Å². The van der Waals surface area contributed by atoms with Gasteiger partial charge < -0.3 is 10.1 Å². The molecule has 0 aliphatic carbocycles. The first kappa shape index (κ1) is 13.8. The highest BCUT2D eigenvalue weighted by Crippen LogP contribution is 2.33. The van der Waals surface area contributed by atoms with Crippen LogP contribution in [0.2, 0.25) is 0 Å². The quantitative estimate of drug-likeness (QED) is 0.871. The second-order valence-electron chi connectivity index (χ2n) is 5.07. The van der Waals surface area contributed by atoms with Gasteiger partial charge in [-0.15, -0.1) is 0 Å². The minimum atomic E-state index is 0.149. The van der Waals surface area contributed by atoms with E-state index in [4.69, 9.17) is 4.74 Å². The van der Waals surface area contributed by atoms with Crippen molar-refractivity contribution in [3.8, 4) is 0 Å². The largest absolute Gasteiger partial charge is 0.373 e. The van der Waals surface area contributed by atoms with E-state index in [-0.39, 0.29) is 6.10 Å². The van der Waals surface area contributed by atoms with Gasteiger partial charge in [-0.25, -0.2) is 0 Å². The van der Waals surface area contributed by atoms with Gasteiger partial charge in [0.05, 0.1) is 28.7 Å². The van der Waals surface area contributed by atoms with Crippen LogP contribution in [-0.2, 0) is 18.3 Å². The van der Waals surface area contributed by atoms with E-state index in [0.29, 0.717) is 5.92 Å². The van der Waals surface area contributed by atoms with Crippen molar-refractivity contribution in [2.45, 2.75) is 19.1 Å². The molecule has 3 rings (SSSR count). The Kier molecular flexibility index (Phi) is 4.18. The van der Waals surface area contributed by atoms with Crippen LogP contribution in [-0.4, -0.2) is 33.1 Å². The molecule has 3 heterocycles. The van der Waals surface area contributed by atoms with E-state index in [1.54, 1.807) is 0 Å². The van der Waals surface area contributed by atoms with E-state index >= 15 is 0 Å². The topological polar surface area (TPSA) is 67.8 Å². The van der Waals surface area contributed by atoms with Crippen molar-refractivity contribution < 1.29 is 4.74 Å². The van der Waals surface area contributed by atoms with Crippen LogP contribution in [0.4, 0.5) is 0 Å². The number of hydrogen-bond donors (Lipinski definition) is 2. The zero-order valence-electron chi connectivity index (χ0n) is 11.3. The van der Waals surface area contributed by atoms with Gasteiger partial charge in [0.25, 0.3) is 0 Å². The second kappa shape index (κ2) is 6.07. The fourth-order valence-corrected chi connectivity index (χ4v) is 3.13. The molecule has 7 heteroatoms. The van der Waals surface area contributed by atoms with E-state index in [0.717, 1.165) is 41.8 Å². The number of aryl methyl sites for hydroxylation is 1. The van der Waals surface area contributed by atoms with Crippen molar-refractivity contribution in [3.63, 3.8) is 0 Å². The van der Waals surface area contributed by atoms with Gasteiger partial charge in [-0.2, -0.15) is 10.2 Å². The fourth-order valence-electron chi connectivity index (χ4n) is 2.64. The van der Waals surface area contributed by atoms with Crippen molar-refractivity contribution in [3.05, 3.63) is 34.3 Å². The van der Waals surface area contributed by atoms with Crippen molar-refractivity contribution in [2.75, 3.05) is 13.2 Å². The molecule has 6 nitrogen and oxygen atoms in total. The number of rotatable bonds is 5.